The van der Waals surface area contributed by atoms with Crippen molar-refractivity contribution in [2.24, 2.45) is 5.92 Å². The molecule has 2 aromatic rings. The standard InChI is InChI=1S/C24H30N2O2/c27-24(28)14-18-6-8-20(9-7-18)17-26-12-10-19(11-13-26)16-25-23-15-22(23)21-4-2-1-3-5-21/h1-9,19,22-23,25H,10-17H2,(H,27,28). The average Bonchev–Trinajstić information content (AvgIpc) is 3.49. The molecule has 0 bridgehead atoms. The van der Waals surface area contributed by atoms with Crippen molar-refractivity contribution in [2.75, 3.05) is 19.6 Å². The van der Waals surface area contributed by atoms with Crippen molar-refractivity contribution < 1.29 is 9.90 Å². The molecule has 0 amide bonds. The number of carbonyl (C=O) groups is 1. The Hall–Kier alpha value is -2.17. The van der Waals surface area contributed by atoms with E-state index in [1.807, 2.05) is 12.1 Å². The number of benzene rings is 2. The van der Waals surface area contributed by atoms with Gasteiger partial charge < -0.3 is 10.4 Å². The Labute approximate surface area is 167 Å². The second-order valence-electron chi connectivity index (χ2n) is 8.37. The molecule has 1 heterocycles. The number of likely N-dealkylation sites (tertiary alicyclic amines) is 1. The molecule has 0 aromatic heterocycles. The lowest BCUT2D eigenvalue weighted by Gasteiger charge is -2.32. The minimum Gasteiger partial charge on any atom is -0.481 e. The Bertz CT molecular complexity index is 767. The van der Waals surface area contributed by atoms with Gasteiger partial charge in [0.25, 0.3) is 0 Å². The van der Waals surface area contributed by atoms with E-state index in [1.165, 1.54) is 30.4 Å². The molecule has 2 atom stereocenters. The van der Waals surface area contributed by atoms with Crippen molar-refractivity contribution in [3.63, 3.8) is 0 Å². The van der Waals surface area contributed by atoms with E-state index in [9.17, 15) is 4.79 Å². The van der Waals surface area contributed by atoms with Crippen LogP contribution in [0.15, 0.2) is 54.6 Å². The Balaban J connectivity index is 1.16. The van der Waals surface area contributed by atoms with Gasteiger partial charge in [-0.3, -0.25) is 9.69 Å². The topological polar surface area (TPSA) is 52.6 Å². The second kappa shape index (κ2) is 8.89. The van der Waals surface area contributed by atoms with Gasteiger partial charge in [-0.1, -0.05) is 54.6 Å². The maximum absolute atomic E-state index is 10.8. The summed E-state index contributed by atoms with van der Waals surface area (Å²) in [6.45, 7) is 4.41. The normalized spacial score (nSPS) is 22.9. The largest absolute Gasteiger partial charge is 0.481 e. The molecule has 148 valence electrons. The van der Waals surface area contributed by atoms with Gasteiger partial charge in [0, 0.05) is 18.5 Å². The molecule has 2 fully saturated rings. The van der Waals surface area contributed by atoms with Crippen LogP contribution in [0.25, 0.3) is 0 Å². The summed E-state index contributed by atoms with van der Waals surface area (Å²) in [7, 11) is 0. The number of hydrogen-bond acceptors (Lipinski definition) is 3. The van der Waals surface area contributed by atoms with Gasteiger partial charge in [0.2, 0.25) is 0 Å². The molecule has 0 spiro atoms. The van der Waals surface area contributed by atoms with Gasteiger partial charge in [0.1, 0.15) is 0 Å². The van der Waals surface area contributed by atoms with E-state index in [-0.39, 0.29) is 6.42 Å². The van der Waals surface area contributed by atoms with Crippen molar-refractivity contribution in [3.05, 3.63) is 71.3 Å². The summed E-state index contributed by atoms with van der Waals surface area (Å²) in [5, 5.41) is 12.7. The van der Waals surface area contributed by atoms with Gasteiger partial charge in [0.05, 0.1) is 6.42 Å². The molecule has 0 radical (unpaired) electrons. The third-order valence-electron chi connectivity index (χ3n) is 6.18. The van der Waals surface area contributed by atoms with E-state index >= 15 is 0 Å². The molecule has 1 saturated heterocycles. The van der Waals surface area contributed by atoms with Crippen molar-refractivity contribution >= 4 is 5.97 Å². The summed E-state index contributed by atoms with van der Waals surface area (Å²) < 4.78 is 0. The highest BCUT2D eigenvalue weighted by Gasteiger charge is 2.38. The number of piperidine rings is 1. The summed E-state index contributed by atoms with van der Waals surface area (Å²) in [5.74, 6) is 0.723. The van der Waals surface area contributed by atoms with Crippen LogP contribution in [0.5, 0.6) is 0 Å². The van der Waals surface area contributed by atoms with E-state index < -0.39 is 5.97 Å². The molecular weight excluding hydrogens is 348 g/mol. The van der Waals surface area contributed by atoms with Gasteiger partial charge in [0.15, 0.2) is 0 Å². The zero-order chi connectivity index (χ0) is 19.3. The van der Waals surface area contributed by atoms with E-state index in [0.29, 0.717) is 12.0 Å². The van der Waals surface area contributed by atoms with Crippen LogP contribution in [0.1, 0.15) is 41.9 Å². The Morgan fingerprint density at radius 1 is 1.00 bits per heavy atom. The van der Waals surface area contributed by atoms with Crippen molar-refractivity contribution in [2.45, 2.75) is 44.2 Å². The Morgan fingerprint density at radius 2 is 1.68 bits per heavy atom. The van der Waals surface area contributed by atoms with Crippen molar-refractivity contribution in [1.29, 1.82) is 0 Å². The number of carboxylic acids is 1. The summed E-state index contributed by atoms with van der Waals surface area (Å²) in [6, 6.07) is 19.6. The van der Waals surface area contributed by atoms with Crippen molar-refractivity contribution in [3.8, 4) is 0 Å². The molecule has 1 aliphatic heterocycles. The highest BCUT2D eigenvalue weighted by atomic mass is 16.4. The van der Waals surface area contributed by atoms with Gasteiger partial charge in [-0.15, -0.1) is 0 Å². The first-order chi connectivity index (χ1) is 13.7. The van der Waals surface area contributed by atoms with E-state index in [2.05, 4.69) is 52.7 Å². The lowest BCUT2D eigenvalue weighted by molar-refractivity contribution is -0.136. The minimum absolute atomic E-state index is 0.102. The van der Waals surface area contributed by atoms with E-state index in [1.54, 1.807) is 0 Å². The third kappa shape index (κ3) is 5.21. The lowest BCUT2D eigenvalue weighted by atomic mass is 9.96. The van der Waals surface area contributed by atoms with Crippen LogP contribution in [0, 0.1) is 5.92 Å². The molecule has 2 N–H and O–H groups in total. The predicted molar refractivity (Wildman–Crippen MR) is 111 cm³/mol. The van der Waals surface area contributed by atoms with Gasteiger partial charge in [-0.2, -0.15) is 0 Å². The van der Waals surface area contributed by atoms with Gasteiger partial charge >= 0.3 is 5.97 Å². The van der Waals surface area contributed by atoms with Crippen molar-refractivity contribution in [1.82, 2.24) is 10.2 Å². The van der Waals surface area contributed by atoms with Gasteiger partial charge in [-0.25, -0.2) is 0 Å². The van der Waals surface area contributed by atoms with Crippen LogP contribution in [0.2, 0.25) is 0 Å². The molecular formula is C24H30N2O2. The van der Waals surface area contributed by atoms with Crippen LogP contribution in [0.4, 0.5) is 0 Å². The quantitative estimate of drug-likeness (QED) is 0.736. The summed E-state index contributed by atoms with van der Waals surface area (Å²) in [4.78, 5) is 13.3. The van der Waals surface area contributed by atoms with Crippen LogP contribution >= 0.6 is 0 Å². The maximum atomic E-state index is 10.8. The molecule has 1 saturated carbocycles. The Morgan fingerprint density at radius 3 is 2.36 bits per heavy atom. The molecule has 2 aliphatic rings. The second-order valence-corrected chi connectivity index (χ2v) is 8.37. The highest BCUT2D eigenvalue weighted by Crippen LogP contribution is 2.40. The minimum atomic E-state index is -0.773. The molecule has 4 rings (SSSR count). The molecule has 1 aliphatic carbocycles. The maximum Gasteiger partial charge on any atom is 0.307 e. The third-order valence-corrected chi connectivity index (χ3v) is 6.18. The number of hydrogen-bond donors (Lipinski definition) is 2. The summed E-state index contributed by atoms with van der Waals surface area (Å²) >= 11 is 0. The van der Waals surface area contributed by atoms with Crippen LogP contribution in [0.3, 0.4) is 0 Å². The fraction of sp³-hybridized carbons (Fsp3) is 0.458. The van der Waals surface area contributed by atoms with Crippen LogP contribution in [-0.4, -0.2) is 41.7 Å². The summed E-state index contributed by atoms with van der Waals surface area (Å²) in [5.41, 5.74) is 3.62. The number of nitrogens with zero attached hydrogens (tertiary/aromatic N) is 1. The van der Waals surface area contributed by atoms with E-state index in [4.69, 9.17) is 5.11 Å². The molecule has 2 aromatic carbocycles. The fourth-order valence-electron chi connectivity index (χ4n) is 4.35. The molecule has 4 nitrogen and oxygen atoms in total. The highest BCUT2D eigenvalue weighted by molar-refractivity contribution is 5.70. The summed E-state index contributed by atoms with van der Waals surface area (Å²) in [6.07, 6.45) is 3.89. The lowest BCUT2D eigenvalue weighted by Crippen LogP contribution is -2.37. The van der Waals surface area contributed by atoms with Crippen LogP contribution in [-0.2, 0) is 17.8 Å². The number of aliphatic carboxylic acids is 1. The van der Waals surface area contributed by atoms with E-state index in [0.717, 1.165) is 37.7 Å². The fourth-order valence-corrected chi connectivity index (χ4v) is 4.35. The first-order valence-electron chi connectivity index (χ1n) is 10.5. The molecule has 28 heavy (non-hydrogen) atoms. The smallest absolute Gasteiger partial charge is 0.307 e. The number of nitrogens with one attached hydrogen (secondary N) is 1. The van der Waals surface area contributed by atoms with Crippen LogP contribution < -0.4 is 5.32 Å². The number of rotatable bonds is 8. The zero-order valence-electron chi connectivity index (χ0n) is 16.4. The number of carboxylic acid groups (broad SMARTS) is 1. The Kier molecular flexibility index (Phi) is 6.08. The molecule has 4 heteroatoms. The monoisotopic (exact) mass is 378 g/mol. The molecule has 2 unspecified atom stereocenters. The average molecular weight is 379 g/mol. The SMILES string of the molecule is O=C(O)Cc1ccc(CN2CCC(CNC3CC3c3ccccc3)CC2)cc1. The predicted octanol–water partition coefficient (Wildman–Crippen LogP) is 3.67. The zero-order valence-corrected chi connectivity index (χ0v) is 16.4. The first-order valence-corrected chi connectivity index (χ1v) is 10.5. The van der Waals surface area contributed by atoms with Gasteiger partial charge in [-0.05, 0) is 61.5 Å². The first kappa shape index (κ1) is 19.2.